The van der Waals surface area contributed by atoms with Gasteiger partial charge in [0.2, 0.25) is 11.8 Å². The van der Waals surface area contributed by atoms with Crippen molar-refractivity contribution in [2.45, 2.75) is 45.6 Å². The Kier molecular flexibility index (Phi) is 3.76. The molecule has 5 nitrogen and oxygen atoms in total. The van der Waals surface area contributed by atoms with Crippen LogP contribution < -0.4 is 0 Å². The molecule has 0 N–H and O–H groups in total. The molecular weight excluding hydrogens is 218 g/mol. The van der Waals surface area contributed by atoms with Crippen LogP contribution in [0.4, 0.5) is 0 Å². The lowest BCUT2D eigenvalue weighted by Crippen LogP contribution is -2.31. The molecular formula is C12H19N3O2. The standard InChI is InChI=1S/C12H19N3O2/c1-3-10-13-11(17-14-10)8-15(2)12(16)9-6-4-5-7-9/h9H,3-8H2,1-2H3. The third-order valence-corrected chi connectivity index (χ3v) is 3.28. The van der Waals surface area contributed by atoms with Crippen molar-refractivity contribution >= 4 is 5.91 Å². The molecule has 1 aromatic heterocycles. The van der Waals surface area contributed by atoms with Crippen molar-refractivity contribution in [1.82, 2.24) is 15.0 Å². The summed E-state index contributed by atoms with van der Waals surface area (Å²) in [6, 6.07) is 0. The third-order valence-electron chi connectivity index (χ3n) is 3.28. The first-order valence-corrected chi connectivity index (χ1v) is 6.27. The van der Waals surface area contributed by atoms with Crippen LogP contribution in [-0.2, 0) is 17.8 Å². The molecule has 1 saturated carbocycles. The molecule has 0 unspecified atom stereocenters. The Bertz CT molecular complexity index is 383. The van der Waals surface area contributed by atoms with Crippen LogP contribution in [0.2, 0.25) is 0 Å². The average molecular weight is 237 g/mol. The van der Waals surface area contributed by atoms with Crippen molar-refractivity contribution in [3.63, 3.8) is 0 Å². The van der Waals surface area contributed by atoms with Gasteiger partial charge in [0.15, 0.2) is 5.82 Å². The van der Waals surface area contributed by atoms with E-state index in [0.29, 0.717) is 18.3 Å². The number of hydrogen-bond donors (Lipinski definition) is 0. The quantitative estimate of drug-likeness (QED) is 0.801. The molecule has 0 radical (unpaired) electrons. The fourth-order valence-electron chi connectivity index (χ4n) is 2.26. The zero-order valence-corrected chi connectivity index (χ0v) is 10.5. The Morgan fingerprint density at radius 1 is 1.47 bits per heavy atom. The van der Waals surface area contributed by atoms with E-state index in [2.05, 4.69) is 10.1 Å². The first-order valence-electron chi connectivity index (χ1n) is 6.27. The molecule has 0 spiro atoms. The Morgan fingerprint density at radius 3 is 2.76 bits per heavy atom. The molecule has 0 aromatic carbocycles. The summed E-state index contributed by atoms with van der Waals surface area (Å²) in [6.07, 6.45) is 5.14. The highest BCUT2D eigenvalue weighted by molar-refractivity contribution is 5.78. The van der Waals surface area contributed by atoms with Gasteiger partial charge in [-0.25, -0.2) is 0 Å². The first-order chi connectivity index (χ1) is 8.20. The summed E-state index contributed by atoms with van der Waals surface area (Å²) in [6.45, 7) is 2.39. The van der Waals surface area contributed by atoms with Crippen molar-refractivity contribution in [2.75, 3.05) is 7.05 Å². The molecule has 2 rings (SSSR count). The number of aromatic nitrogens is 2. The van der Waals surface area contributed by atoms with Crippen LogP contribution in [-0.4, -0.2) is 28.0 Å². The summed E-state index contributed by atoms with van der Waals surface area (Å²) in [7, 11) is 1.80. The van der Waals surface area contributed by atoms with Gasteiger partial charge >= 0.3 is 0 Å². The molecule has 1 heterocycles. The van der Waals surface area contributed by atoms with E-state index in [1.165, 1.54) is 12.8 Å². The molecule has 1 aromatic rings. The Labute approximate surface area is 101 Å². The maximum atomic E-state index is 12.1. The van der Waals surface area contributed by atoms with E-state index in [-0.39, 0.29) is 11.8 Å². The van der Waals surface area contributed by atoms with Gasteiger partial charge in [0.25, 0.3) is 0 Å². The number of hydrogen-bond acceptors (Lipinski definition) is 4. The van der Waals surface area contributed by atoms with Crippen molar-refractivity contribution in [2.24, 2.45) is 5.92 Å². The van der Waals surface area contributed by atoms with Crippen molar-refractivity contribution in [3.8, 4) is 0 Å². The maximum Gasteiger partial charge on any atom is 0.246 e. The van der Waals surface area contributed by atoms with Gasteiger partial charge < -0.3 is 9.42 Å². The minimum absolute atomic E-state index is 0.202. The number of aryl methyl sites for hydroxylation is 1. The lowest BCUT2D eigenvalue weighted by molar-refractivity contribution is -0.134. The van der Waals surface area contributed by atoms with Gasteiger partial charge in [-0.2, -0.15) is 4.98 Å². The molecule has 0 saturated heterocycles. The molecule has 0 atom stereocenters. The smallest absolute Gasteiger partial charge is 0.246 e. The van der Waals surface area contributed by atoms with Gasteiger partial charge in [0.05, 0.1) is 6.54 Å². The zero-order chi connectivity index (χ0) is 12.3. The van der Waals surface area contributed by atoms with Gasteiger partial charge in [-0.3, -0.25) is 4.79 Å². The number of carbonyl (C=O) groups excluding carboxylic acids is 1. The zero-order valence-electron chi connectivity index (χ0n) is 10.5. The molecule has 1 fully saturated rings. The van der Waals surface area contributed by atoms with Gasteiger partial charge in [-0.05, 0) is 12.8 Å². The monoisotopic (exact) mass is 237 g/mol. The fraction of sp³-hybridized carbons (Fsp3) is 0.750. The van der Waals surface area contributed by atoms with Gasteiger partial charge in [0, 0.05) is 19.4 Å². The largest absolute Gasteiger partial charge is 0.337 e. The van der Waals surface area contributed by atoms with Crippen LogP contribution in [0.5, 0.6) is 0 Å². The SMILES string of the molecule is CCc1noc(CN(C)C(=O)C2CCCC2)n1. The molecule has 5 heteroatoms. The van der Waals surface area contributed by atoms with Crippen molar-refractivity contribution in [3.05, 3.63) is 11.7 Å². The van der Waals surface area contributed by atoms with Gasteiger partial charge in [0.1, 0.15) is 0 Å². The highest BCUT2D eigenvalue weighted by Gasteiger charge is 2.26. The molecule has 1 aliphatic carbocycles. The van der Waals surface area contributed by atoms with E-state index in [9.17, 15) is 4.79 Å². The van der Waals surface area contributed by atoms with Crippen molar-refractivity contribution < 1.29 is 9.32 Å². The summed E-state index contributed by atoms with van der Waals surface area (Å²) >= 11 is 0. The van der Waals surface area contributed by atoms with Crippen LogP contribution in [0.3, 0.4) is 0 Å². The van der Waals surface area contributed by atoms with E-state index in [1.807, 2.05) is 6.92 Å². The highest BCUT2D eigenvalue weighted by atomic mass is 16.5. The van der Waals surface area contributed by atoms with Gasteiger partial charge in [-0.15, -0.1) is 0 Å². The summed E-state index contributed by atoms with van der Waals surface area (Å²) in [4.78, 5) is 18.0. The second-order valence-corrected chi connectivity index (χ2v) is 4.63. The molecule has 17 heavy (non-hydrogen) atoms. The average Bonchev–Trinajstić information content (AvgIpc) is 2.98. The van der Waals surface area contributed by atoms with E-state index >= 15 is 0 Å². The molecule has 0 aliphatic heterocycles. The predicted molar refractivity (Wildman–Crippen MR) is 62.1 cm³/mol. The fourth-order valence-corrected chi connectivity index (χ4v) is 2.26. The van der Waals surface area contributed by atoms with Crippen LogP contribution in [0.25, 0.3) is 0 Å². The summed E-state index contributed by atoms with van der Waals surface area (Å²) < 4.78 is 5.08. The van der Waals surface area contributed by atoms with Crippen molar-refractivity contribution in [1.29, 1.82) is 0 Å². The summed E-state index contributed by atoms with van der Waals surface area (Å²) in [5.74, 6) is 1.63. The van der Waals surface area contributed by atoms with E-state index in [0.717, 1.165) is 19.3 Å². The molecule has 1 aliphatic rings. The number of nitrogens with zero attached hydrogens (tertiary/aromatic N) is 3. The van der Waals surface area contributed by atoms with E-state index < -0.39 is 0 Å². The highest BCUT2D eigenvalue weighted by Crippen LogP contribution is 2.26. The van der Waals surface area contributed by atoms with Gasteiger partial charge in [-0.1, -0.05) is 24.9 Å². The lowest BCUT2D eigenvalue weighted by Gasteiger charge is -2.18. The normalized spacial score (nSPS) is 16.4. The summed E-state index contributed by atoms with van der Waals surface area (Å²) in [5.41, 5.74) is 0. The second kappa shape index (κ2) is 5.29. The van der Waals surface area contributed by atoms with E-state index in [4.69, 9.17) is 4.52 Å². The molecule has 1 amide bonds. The number of rotatable bonds is 4. The molecule has 0 bridgehead atoms. The molecule has 94 valence electrons. The minimum atomic E-state index is 0.202. The Balaban J connectivity index is 1.91. The summed E-state index contributed by atoms with van der Waals surface area (Å²) in [5, 5.41) is 3.82. The number of amides is 1. The van der Waals surface area contributed by atoms with Crippen LogP contribution in [0.1, 0.15) is 44.3 Å². The maximum absolute atomic E-state index is 12.1. The Morgan fingerprint density at radius 2 is 2.18 bits per heavy atom. The van der Waals surface area contributed by atoms with Crippen LogP contribution in [0, 0.1) is 5.92 Å². The topological polar surface area (TPSA) is 59.2 Å². The minimum Gasteiger partial charge on any atom is -0.337 e. The first kappa shape index (κ1) is 12.1. The Hall–Kier alpha value is -1.39. The third kappa shape index (κ3) is 2.84. The van der Waals surface area contributed by atoms with Crippen LogP contribution in [0.15, 0.2) is 4.52 Å². The second-order valence-electron chi connectivity index (χ2n) is 4.63. The number of carbonyl (C=O) groups is 1. The lowest BCUT2D eigenvalue weighted by atomic mass is 10.1. The van der Waals surface area contributed by atoms with E-state index in [1.54, 1.807) is 11.9 Å². The van der Waals surface area contributed by atoms with Crippen LogP contribution >= 0.6 is 0 Å². The predicted octanol–water partition coefficient (Wildman–Crippen LogP) is 1.78.